The minimum Gasteiger partial charge on any atom is -0.512 e. The SMILES string of the molecule is CC(C)(C)C(=O)/C=C(\O)C(C)(C)C.Cc1cc2ccccc2nc1-c1[c-]cccc1.[Ir]. The number of aryl methyl sites for hydroxylation is 1. The van der Waals surface area contributed by atoms with Gasteiger partial charge in [0.15, 0.2) is 5.78 Å². The molecule has 0 spiro atoms. The number of fused-ring (bicyclic) bond motifs is 1. The molecular weight excluding hydrogens is 563 g/mol. The Morgan fingerprint density at radius 2 is 1.58 bits per heavy atom. The fourth-order valence-electron chi connectivity index (χ4n) is 2.59. The Kier molecular flexibility index (Phi) is 9.35. The number of hydrogen-bond donors (Lipinski definition) is 1. The molecule has 4 heteroatoms. The number of benzene rings is 2. The molecule has 167 valence electrons. The molecule has 0 aliphatic heterocycles. The number of carbonyl (C=O) groups excluding carboxylic acids is 1. The van der Waals surface area contributed by atoms with Gasteiger partial charge in [-0.3, -0.25) is 9.78 Å². The summed E-state index contributed by atoms with van der Waals surface area (Å²) in [5.41, 5.74) is 3.52. The maximum atomic E-state index is 11.5. The summed E-state index contributed by atoms with van der Waals surface area (Å²) >= 11 is 0. The second-order valence-corrected chi connectivity index (χ2v) is 9.52. The molecule has 1 N–H and O–H groups in total. The number of ketones is 1. The molecule has 0 fully saturated rings. The van der Waals surface area contributed by atoms with E-state index in [0.29, 0.717) is 0 Å². The van der Waals surface area contributed by atoms with E-state index in [0.717, 1.165) is 16.8 Å². The zero-order valence-electron chi connectivity index (χ0n) is 19.4. The van der Waals surface area contributed by atoms with Crippen molar-refractivity contribution in [1.82, 2.24) is 4.98 Å². The van der Waals surface area contributed by atoms with Gasteiger partial charge in [-0.25, -0.2) is 0 Å². The average molecular weight is 595 g/mol. The second kappa shape index (κ2) is 10.8. The van der Waals surface area contributed by atoms with Crippen LogP contribution in [0.1, 0.15) is 47.1 Å². The molecule has 0 aliphatic carbocycles. The van der Waals surface area contributed by atoms with Crippen LogP contribution in [0.3, 0.4) is 0 Å². The van der Waals surface area contributed by atoms with E-state index in [1.54, 1.807) is 0 Å². The molecule has 0 aliphatic rings. The quantitative estimate of drug-likeness (QED) is 0.196. The number of rotatable bonds is 2. The van der Waals surface area contributed by atoms with Gasteiger partial charge in [0.25, 0.3) is 0 Å². The van der Waals surface area contributed by atoms with Crippen LogP contribution in [0.2, 0.25) is 0 Å². The third-order valence-corrected chi connectivity index (χ3v) is 4.65. The number of allylic oxidation sites excluding steroid dienone is 2. The normalized spacial score (nSPS) is 11.9. The number of pyridine rings is 1. The Labute approximate surface area is 200 Å². The van der Waals surface area contributed by atoms with E-state index in [1.165, 1.54) is 17.0 Å². The van der Waals surface area contributed by atoms with E-state index in [4.69, 9.17) is 4.98 Å². The van der Waals surface area contributed by atoms with E-state index in [2.05, 4.69) is 25.1 Å². The molecule has 0 unspecified atom stereocenters. The van der Waals surface area contributed by atoms with Crippen molar-refractivity contribution < 1.29 is 30.0 Å². The summed E-state index contributed by atoms with van der Waals surface area (Å²) in [6.07, 6.45) is 1.33. The third kappa shape index (κ3) is 7.72. The first-order valence-electron chi connectivity index (χ1n) is 10.2. The minimum atomic E-state index is -0.417. The first kappa shape index (κ1) is 26.7. The molecule has 0 saturated heterocycles. The van der Waals surface area contributed by atoms with Crippen LogP contribution in [-0.4, -0.2) is 15.9 Å². The van der Waals surface area contributed by atoms with Crippen molar-refractivity contribution in [2.75, 3.05) is 0 Å². The average Bonchev–Trinajstić information content (AvgIpc) is 2.67. The maximum Gasteiger partial charge on any atom is 0.164 e. The monoisotopic (exact) mass is 595 g/mol. The van der Waals surface area contributed by atoms with Gasteiger partial charge in [-0.05, 0) is 24.1 Å². The van der Waals surface area contributed by atoms with Gasteiger partial charge in [-0.2, -0.15) is 0 Å². The molecule has 0 saturated carbocycles. The molecule has 1 heterocycles. The number of aliphatic hydroxyl groups excluding tert-OH is 1. The predicted molar refractivity (Wildman–Crippen MR) is 125 cm³/mol. The van der Waals surface area contributed by atoms with Gasteiger partial charge >= 0.3 is 0 Å². The van der Waals surface area contributed by atoms with Crippen LogP contribution in [0.15, 0.2) is 66.4 Å². The summed E-state index contributed by atoms with van der Waals surface area (Å²) in [6, 6.07) is 21.6. The van der Waals surface area contributed by atoms with Crippen LogP contribution in [0.5, 0.6) is 0 Å². The minimum absolute atomic E-state index is 0. The zero-order valence-corrected chi connectivity index (χ0v) is 21.8. The van der Waals surface area contributed by atoms with Gasteiger partial charge in [-0.1, -0.05) is 71.4 Å². The molecule has 3 aromatic rings. The van der Waals surface area contributed by atoms with Crippen LogP contribution in [0, 0.1) is 23.8 Å². The summed E-state index contributed by atoms with van der Waals surface area (Å²) in [4.78, 5) is 16.2. The fraction of sp³-hybridized carbons (Fsp3) is 0.333. The van der Waals surface area contributed by atoms with Crippen LogP contribution >= 0.6 is 0 Å². The molecule has 31 heavy (non-hydrogen) atoms. The summed E-state index contributed by atoms with van der Waals surface area (Å²) in [6.45, 7) is 13.2. The van der Waals surface area contributed by atoms with E-state index >= 15 is 0 Å². The number of aromatic nitrogens is 1. The van der Waals surface area contributed by atoms with Crippen LogP contribution in [0.25, 0.3) is 22.2 Å². The van der Waals surface area contributed by atoms with E-state index < -0.39 is 5.41 Å². The summed E-state index contributed by atoms with van der Waals surface area (Å²) < 4.78 is 0. The smallest absolute Gasteiger partial charge is 0.164 e. The first-order chi connectivity index (χ1) is 13.9. The predicted octanol–water partition coefficient (Wildman–Crippen LogP) is 7.10. The van der Waals surface area contributed by atoms with E-state index in [9.17, 15) is 9.90 Å². The third-order valence-electron chi connectivity index (χ3n) is 4.65. The van der Waals surface area contributed by atoms with Crippen molar-refractivity contribution in [2.24, 2.45) is 10.8 Å². The van der Waals surface area contributed by atoms with Crippen LogP contribution in [-0.2, 0) is 24.9 Å². The maximum absolute atomic E-state index is 11.5. The number of hydrogen-bond acceptors (Lipinski definition) is 3. The summed E-state index contributed by atoms with van der Waals surface area (Å²) in [5.74, 6) is 0.104. The first-order valence-corrected chi connectivity index (χ1v) is 10.2. The molecule has 3 rings (SSSR count). The number of aliphatic hydroxyl groups is 1. The molecule has 0 bridgehead atoms. The van der Waals surface area contributed by atoms with Crippen molar-refractivity contribution >= 4 is 16.7 Å². The Bertz CT molecular complexity index is 1040. The van der Waals surface area contributed by atoms with Gasteiger partial charge in [-0.15, -0.1) is 35.9 Å². The van der Waals surface area contributed by atoms with Crippen molar-refractivity contribution in [3.05, 3.63) is 78.1 Å². The Morgan fingerprint density at radius 3 is 2.13 bits per heavy atom. The number of nitrogens with zero attached hydrogens (tertiary/aromatic N) is 1. The standard InChI is InChI=1S/C16H12N.C11H20O2.Ir/c1-12-11-14-9-5-6-10-15(14)17-16(12)13-7-3-2-4-8-13;1-10(2,3)8(12)7-9(13)11(4,5)6;/h2-7,9-11H,1H3;7,12H,1-6H3;/q-1;;/b;8-7-;. The van der Waals surface area contributed by atoms with Crippen LogP contribution in [0.4, 0.5) is 0 Å². The van der Waals surface area contributed by atoms with Crippen LogP contribution < -0.4 is 0 Å². The molecule has 0 amide bonds. The number of para-hydroxylation sites is 1. The molecule has 1 radical (unpaired) electrons. The fourth-order valence-corrected chi connectivity index (χ4v) is 2.59. The van der Waals surface area contributed by atoms with Crippen molar-refractivity contribution in [1.29, 1.82) is 0 Å². The largest absolute Gasteiger partial charge is 0.512 e. The molecule has 2 aromatic carbocycles. The molecule has 0 atom stereocenters. The Balaban J connectivity index is 0.000000314. The topological polar surface area (TPSA) is 50.2 Å². The van der Waals surface area contributed by atoms with Crippen molar-refractivity contribution in [3.63, 3.8) is 0 Å². The molecule has 3 nitrogen and oxygen atoms in total. The van der Waals surface area contributed by atoms with E-state index in [1.807, 2.05) is 84.0 Å². The molecular formula is C27H32IrNO2-. The Morgan fingerprint density at radius 1 is 0.968 bits per heavy atom. The summed E-state index contributed by atoms with van der Waals surface area (Å²) in [7, 11) is 0. The van der Waals surface area contributed by atoms with Crippen molar-refractivity contribution in [2.45, 2.75) is 48.5 Å². The van der Waals surface area contributed by atoms with Gasteiger partial charge in [0.1, 0.15) is 5.76 Å². The van der Waals surface area contributed by atoms with Gasteiger partial charge in [0.2, 0.25) is 0 Å². The van der Waals surface area contributed by atoms with E-state index in [-0.39, 0.29) is 37.1 Å². The molecule has 1 aromatic heterocycles. The second-order valence-electron chi connectivity index (χ2n) is 9.52. The van der Waals surface area contributed by atoms with Crippen molar-refractivity contribution in [3.8, 4) is 11.3 Å². The Hall–Kier alpha value is -2.29. The number of carbonyl (C=O) groups is 1. The zero-order chi connectivity index (χ0) is 22.5. The van der Waals surface area contributed by atoms with Gasteiger partial charge < -0.3 is 5.11 Å². The van der Waals surface area contributed by atoms with Gasteiger partial charge in [0, 0.05) is 37.0 Å². The van der Waals surface area contributed by atoms with Gasteiger partial charge in [0.05, 0.1) is 5.52 Å². The summed E-state index contributed by atoms with van der Waals surface area (Å²) in [5, 5.41) is 10.7.